The van der Waals surface area contributed by atoms with Gasteiger partial charge < -0.3 is 10.6 Å². The van der Waals surface area contributed by atoms with Crippen LogP contribution in [0.25, 0.3) is 0 Å². The largest absolute Gasteiger partial charge is 0.416 e. The molecule has 0 aromatic heterocycles. The fourth-order valence-corrected chi connectivity index (χ4v) is 3.93. The van der Waals surface area contributed by atoms with Gasteiger partial charge in [-0.05, 0) is 43.9 Å². The molecule has 9 heteroatoms. The highest BCUT2D eigenvalue weighted by molar-refractivity contribution is 6.10. The van der Waals surface area contributed by atoms with Gasteiger partial charge in [-0.2, -0.15) is 13.2 Å². The van der Waals surface area contributed by atoms with E-state index >= 15 is 0 Å². The molecule has 0 unspecified atom stereocenters. The minimum absolute atomic E-state index is 0.00854. The van der Waals surface area contributed by atoms with Gasteiger partial charge in [0.2, 0.25) is 5.91 Å². The van der Waals surface area contributed by atoms with Crippen molar-refractivity contribution in [2.75, 3.05) is 11.9 Å². The Bertz CT molecular complexity index is 790. The van der Waals surface area contributed by atoms with Crippen molar-refractivity contribution in [3.05, 3.63) is 29.8 Å². The second-order valence-electron chi connectivity index (χ2n) is 7.49. The molecule has 1 saturated carbocycles. The van der Waals surface area contributed by atoms with Crippen LogP contribution in [0.1, 0.15) is 44.6 Å². The third kappa shape index (κ3) is 3.98. The molecule has 0 radical (unpaired) electrons. The maximum Gasteiger partial charge on any atom is 0.416 e. The highest BCUT2D eigenvalue weighted by atomic mass is 19.4. The van der Waals surface area contributed by atoms with Gasteiger partial charge in [-0.15, -0.1) is 0 Å². The molecule has 2 N–H and O–H groups in total. The molecule has 1 aliphatic carbocycles. The van der Waals surface area contributed by atoms with Crippen LogP contribution in [-0.4, -0.2) is 34.8 Å². The third-order valence-electron chi connectivity index (χ3n) is 5.50. The smallest absolute Gasteiger partial charge is 0.325 e. The van der Waals surface area contributed by atoms with Gasteiger partial charge in [-0.25, -0.2) is 4.79 Å². The quantitative estimate of drug-likeness (QED) is 0.763. The Morgan fingerprint density at radius 1 is 1.25 bits per heavy atom. The molecule has 4 amide bonds. The summed E-state index contributed by atoms with van der Waals surface area (Å²) in [6.07, 6.45) is 0.184. The van der Waals surface area contributed by atoms with Crippen molar-refractivity contribution in [3.63, 3.8) is 0 Å². The second-order valence-corrected chi connectivity index (χ2v) is 7.49. The first-order chi connectivity index (χ1) is 13.1. The summed E-state index contributed by atoms with van der Waals surface area (Å²) in [4.78, 5) is 38.2. The summed E-state index contributed by atoms with van der Waals surface area (Å²) in [6, 6.07) is 3.52. The molecule has 2 aliphatic rings. The molecule has 3 rings (SSSR count). The molecule has 2 fully saturated rings. The van der Waals surface area contributed by atoms with Crippen molar-refractivity contribution < 1.29 is 27.6 Å². The summed E-state index contributed by atoms with van der Waals surface area (Å²) >= 11 is 0. The summed E-state index contributed by atoms with van der Waals surface area (Å²) in [6.45, 7) is 1.12. The zero-order valence-electron chi connectivity index (χ0n) is 15.4. The van der Waals surface area contributed by atoms with Crippen LogP contribution in [0.15, 0.2) is 24.3 Å². The van der Waals surface area contributed by atoms with Gasteiger partial charge in [0.1, 0.15) is 12.1 Å². The summed E-state index contributed by atoms with van der Waals surface area (Å²) in [5, 5.41) is 5.02. The number of nitrogens with one attached hydrogen (secondary N) is 2. The summed E-state index contributed by atoms with van der Waals surface area (Å²) in [5.41, 5.74) is -2.00. The number of nitrogens with zero attached hydrogens (tertiary/aromatic N) is 1. The summed E-state index contributed by atoms with van der Waals surface area (Å²) in [5.74, 6) is -1.20. The predicted molar refractivity (Wildman–Crippen MR) is 95.3 cm³/mol. The number of amides is 4. The van der Waals surface area contributed by atoms with E-state index in [0.717, 1.165) is 49.1 Å². The fraction of sp³-hybridized carbons (Fsp3) is 0.526. The minimum Gasteiger partial charge on any atom is -0.325 e. The van der Waals surface area contributed by atoms with Crippen LogP contribution in [0.3, 0.4) is 0 Å². The van der Waals surface area contributed by atoms with Crippen molar-refractivity contribution in [2.45, 2.75) is 50.7 Å². The first-order valence-electron chi connectivity index (χ1n) is 9.22. The molecule has 6 nitrogen and oxygen atoms in total. The molecular formula is C19H22F3N3O3. The lowest BCUT2D eigenvalue weighted by atomic mass is 9.75. The number of anilines is 1. The zero-order valence-corrected chi connectivity index (χ0v) is 15.4. The Morgan fingerprint density at radius 2 is 1.93 bits per heavy atom. The van der Waals surface area contributed by atoms with E-state index in [0.29, 0.717) is 0 Å². The van der Waals surface area contributed by atoms with Gasteiger partial charge in [-0.1, -0.05) is 25.3 Å². The van der Waals surface area contributed by atoms with Crippen LogP contribution in [0.5, 0.6) is 0 Å². The van der Waals surface area contributed by atoms with Crippen molar-refractivity contribution in [1.82, 2.24) is 10.2 Å². The SMILES string of the molecule is C[C@@]1(C2CCCCC2)NC(=O)N(CC(=O)Nc2cccc(C(F)(F)F)c2)C1=O. The molecule has 1 atom stereocenters. The summed E-state index contributed by atoms with van der Waals surface area (Å²) in [7, 11) is 0. The monoisotopic (exact) mass is 397 g/mol. The second kappa shape index (κ2) is 7.44. The normalized spacial score (nSPS) is 23.6. The van der Waals surface area contributed by atoms with Gasteiger partial charge in [0.05, 0.1) is 5.56 Å². The first kappa shape index (κ1) is 20.2. The van der Waals surface area contributed by atoms with Crippen molar-refractivity contribution in [1.29, 1.82) is 0 Å². The highest BCUT2D eigenvalue weighted by Crippen LogP contribution is 2.36. The average Bonchev–Trinajstić information content (AvgIpc) is 2.86. The molecule has 1 aliphatic heterocycles. The van der Waals surface area contributed by atoms with Crippen LogP contribution >= 0.6 is 0 Å². The number of alkyl halides is 3. The molecule has 1 aromatic rings. The lowest BCUT2D eigenvalue weighted by Gasteiger charge is -2.34. The van der Waals surface area contributed by atoms with E-state index in [1.165, 1.54) is 12.1 Å². The van der Waals surface area contributed by atoms with Gasteiger partial charge in [0, 0.05) is 5.69 Å². The number of hydrogen-bond acceptors (Lipinski definition) is 3. The molecule has 0 bridgehead atoms. The van der Waals surface area contributed by atoms with E-state index in [-0.39, 0.29) is 11.6 Å². The van der Waals surface area contributed by atoms with E-state index in [2.05, 4.69) is 10.6 Å². The van der Waals surface area contributed by atoms with E-state index in [9.17, 15) is 27.6 Å². The number of carbonyl (C=O) groups excluding carboxylic acids is 3. The topological polar surface area (TPSA) is 78.5 Å². The van der Waals surface area contributed by atoms with Crippen molar-refractivity contribution in [3.8, 4) is 0 Å². The number of halogens is 3. The maximum absolute atomic E-state index is 12.8. The molecule has 28 heavy (non-hydrogen) atoms. The Balaban J connectivity index is 1.67. The van der Waals surface area contributed by atoms with Crippen LogP contribution in [-0.2, 0) is 15.8 Å². The standard InChI is InChI=1S/C19H22F3N3O3/c1-18(12-6-3-2-4-7-12)16(27)25(17(28)24-18)11-15(26)23-14-9-5-8-13(10-14)19(20,21)22/h5,8-10,12H,2-4,6-7,11H2,1H3,(H,23,26)(H,24,28)/t18-/m0/s1. The number of hydrogen-bond donors (Lipinski definition) is 2. The maximum atomic E-state index is 12.8. The predicted octanol–water partition coefficient (Wildman–Crippen LogP) is 3.53. The van der Waals surface area contributed by atoms with E-state index < -0.39 is 41.7 Å². The van der Waals surface area contributed by atoms with Gasteiger partial charge >= 0.3 is 12.2 Å². The summed E-state index contributed by atoms with van der Waals surface area (Å²) < 4.78 is 38.3. The average molecular weight is 397 g/mol. The van der Waals surface area contributed by atoms with E-state index in [4.69, 9.17) is 0 Å². The minimum atomic E-state index is -4.53. The molecular weight excluding hydrogens is 375 g/mol. The Morgan fingerprint density at radius 3 is 2.57 bits per heavy atom. The first-order valence-corrected chi connectivity index (χ1v) is 9.22. The lowest BCUT2D eigenvalue weighted by Crippen LogP contribution is -2.51. The van der Waals surface area contributed by atoms with Gasteiger partial charge in [0.25, 0.3) is 5.91 Å². The van der Waals surface area contributed by atoms with Crippen LogP contribution in [0.2, 0.25) is 0 Å². The lowest BCUT2D eigenvalue weighted by molar-refractivity contribution is -0.137. The number of rotatable bonds is 4. The van der Waals surface area contributed by atoms with Crippen LogP contribution in [0.4, 0.5) is 23.7 Å². The Kier molecular flexibility index (Phi) is 5.36. The fourth-order valence-electron chi connectivity index (χ4n) is 3.93. The molecule has 152 valence electrons. The van der Waals surface area contributed by atoms with Gasteiger partial charge in [0.15, 0.2) is 0 Å². The van der Waals surface area contributed by atoms with Crippen LogP contribution in [0, 0.1) is 5.92 Å². The van der Waals surface area contributed by atoms with Gasteiger partial charge in [-0.3, -0.25) is 14.5 Å². The number of imide groups is 1. The molecule has 0 spiro atoms. The molecule has 1 aromatic carbocycles. The Hall–Kier alpha value is -2.58. The third-order valence-corrected chi connectivity index (χ3v) is 5.50. The zero-order chi connectivity index (χ0) is 20.5. The molecule has 1 heterocycles. The number of urea groups is 1. The molecule has 1 saturated heterocycles. The van der Waals surface area contributed by atoms with Crippen molar-refractivity contribution >= 4 is 23.5 Å². The van der Waals surface area contributed by atoms with Crippen molar-refractivity contribution in [2.24, 2.45) is 5.92 Å². The Labute approximate surface area is 160 Å². The number of carbonyl (C=O) groups is 3. The van der Waals surface area contributed by atoms with E-state index in [1.807, 2.05) is 0 Å². The number of benzene rings is 1. The van der Waals surface area contributed by atoms with E-state index in [1.54, 1.807) is 6.92 Å². The van der Waals surface area contributed by atoms with Crippen LogP contribution < -0.4 is 10.6 Å². The highest BCUT2D eigenvalue weighted by Gasteiger charge is 2.52.